The van der Waals surface area contributed by atoms with E-state index in [0.29, 0.717) is 12.2 Å². The molecule has 0 saturated heterocycles. The first-order valence-corrected chi connectivity index (χ1v) is 18.0. The van der Waals surface area contributed by atoms with E-state index in [1.807, 2.05) is 44.2 Å². The van der Waals surface area contributed by atoms with Crippen molar-refractivity contribution in [3.05, 3.63) is 52.6 Å². The Morgan fingerprint density at radius 2 is 1.18 bits per heavy atom. The Hall–Kier alpha value is -2.06. The van der Waals surface area contributed by atoms with E-state index in [4.69, 9.17) is 13.6 Å². The van der Waals surface area contributed by atoms with Gasteiger partial charge in [0.2, 0.25) is 0 Å². The van der Waals surface area contributed by atoms with Crippen LogP contribution >= 0.6 is 0 Å². The lowest BCUT2D eigenvalue weighted by Crippen LogP contribution is -2.41. The molecule has 34 heavy (non-hydrogen) atoms. The van der Waals surface area contributed by atoms with Crippen LogP contribution in [0.4, 0.5) is 0 Å². The zero-order valence-corrected chi connectivity index (χ0v) is 24.5. The van der Waals surface area contributed by atoms with Crippen molar-refractivity contribution in [2.45, 2.75) is 98.3 Å². The van der Waals surface area contributed by atoms with Crippen LogP contribution < -0.4 is 13.6 Å². The van der Waals surface area contributed by atoms with Crippen LogP contribution in [0, 0.1) is 13.8 Å². The fourth-order valence-corrected chi connectivity index (χ4v) is 9.71. The molecule has 4 nitrogen and oxygen atoms in total. The van der Waals surface area contributed by atoms with Gasteiger partial charge in [0.05, 0.1) is 0 Å². The lowest BCUT2D eigenvalue weighted by atomic mass is 10.1. The van der Waals surface area contributed by atoms with Gasteiger partial charge in [-0.1, -0.05) is 59.7 Å². The van der Waals surface area contributed by atoms with Gasteiger partial charge in [-0.05, 0) is 73.4 Å². The Labute approximate surface area is 209 Å². The predicted molar refractivity (Wildman–Crippen MR) is 148 cm³/mol. The van der Waals surface area contributed by atoms with E-state index in [9.17, 15) is 4.79 Å². The lowest BCUT2D eigenvalue weighted by molar-refractivity contribution is 0.112. The Morgan fingerprint density at radius 3 is 1.59 bits per heavy atom. The van der Waals surface area contributed by atoms with E-state index in [2.05, 4.69) is 41.5 Å². The summed E-state index contributed by atoms with van der Waals surface area (Å²) in [6.45, 7) is 17.7. The first kappa shape index (κ1) is 28.2. The number of carbonyl (C=O) groups excluding carboxylic acids is 1. The molecule has 0 aliphatic carbocycles. The molecule has 0 spiro atoms. The molecule has 0 bridgehead atoms. The van der Waals surface area contributed by atoms with Crippen molar-refractivity contribution >= 4 is 22.9 Å². The van der Waals surface area contributed by atoms with E-state index in [1.54, 1.807) is 0 Å². The third kappa shape index (κ3) is 6.33. The van der Waals surface area contributed by atoms with Crippen LogP contribution in [0.2, 0.25) is 36.3 Å². The van der Waals surface area contributed by atoms with E-state index < -0.39 is 16.6 Å². The zero-order chi connectivity index (χ0) is 25.4. The largest absolute Gasteiger partial charge is 0.541 e. The molecule has 0 heterocycles. The highest BCUT2D eigenvalue weighted by Gasteiger charge is 2.35. The van der Waals surface area contributed by atoms with Crippen molar-refractivity contribution in [1.29, 1.82) is 0 Å². The number of aryl methyl sites for hydroxylation is 2. The van der Waals surface area contributed by atoms with Gasteiger partial charge in [-0.3, -0.25) is 4.79 Å². The molecule has 2 rings (SSSR count). The van der Waals surface area contributed by atoms with Gasteiger partial charge >= 0.3 is 0 Å². The van der Waals surface area contributed by atoms with Gasteiger partial charge in [0.25, 0.3) is 16.6 Å². The van der Waals surface area contributed by atoms with Crippen LogP contribution in [0.5, 0.6) is 17.2 Å². The smallest absolute Gasteiger partial charge is 0.250 e. The molecule has 0 aliphatic heterocycles. The molecule has 0 atom stereocenters. The van der Waals surface area contributed by atoms with Crippen LogP contribution in [0.3, 0.4) is 0 Å². The van der Waals surface area contributed by atoms with Crippen molar-refractivity contribution in [2.24, 2.45) is 0 Å². The summed E-state index contributed by atoms with van der Waals surface area (Å²) in [6.07, 6.45) is 0.914. The quantitative estimate of drug-likeness (QED) is 0.193. The molecule has 6 heteroatoms. The monoisotopic (exact) mass is 500 g/mol. The third-order valence-corrected chi connectivity index (χ3v) is 16.7. The Morgan fingerprint density at radius 1 is 0.735 bits per heavy atom. The fraction of sp³-hybridized carbons (Fsp3) is 0.536. The van der Waals surface area contributed by atoms with E-state index >= 15 is 0 Å². The maximum Gasteiger partial charge on any atom is 0.250 e. The highest BCUT2D eigenvalue weighted by atomic mass is 28.4. The van der Waals surface area contributed by atoms with E-state index in [-0.39, 0.29) is 0 Å². The fourth-order valence-electron chi connectivity index (χ4n) is 4.59. The lowest BCUT2D eigenvalue weighted by Gasteiger charge is -2.34. The minimum absolute atomic E-state index is 0.313. The summed E-state index contributed by atoms with van der Waals surface area (Å²) in [5.74, 6) is 2.40. The molecule has 0 fully saturated rings. The second-order valence-corrected chi connectivity index (χ2v) is 18.7. The molecule has 0 unspecified atom stereocenters. The molecule has 0 saturated carbocycles. The van der Waals surface area contributed by atoms with Gasteiger partial charge in [0.15, 0.2) is 6.29 Å². The Kier molecular flexibility index (Phi) is 10.4. The van der Waals surface area contributed by atoms with Crippen molar-refractivity contribution in [1.82, 2.24) is 0 Å². The number of hydrogen-bond acceptors (Lipinski definition) is 4. The standard InChI is InChI=1S/C28H44O4Si2/c1-9-33(10-2,11-3)31-26-18-24(20-29)25(19-27(26)32-34(12-4,13-5)14-6)21-30-28-22(7)16-15-17-23(28)8/h15-20H,9-14,21H2,1-8H3. The summed E-state index contributed by atoms with van der Waals surface area (Å²) in [5.41, 5.74) is 3.62. The second kappa shape index (κ2) is 12.6. The summed E-state index contributed by atoms with van der Waals surface area (Å²) in [5, 5.41) is 0. The van der Waals surface area contributed by atoms with Crippen molar-refractivity contribution in [3.63, 3.8) is 0 Å². The summed E-state index contributed by atoms with van der Waals surface area (Å²) < 4.78 is 19.9. The topological polar surface area (TPSA) is 44.8 Å². The first-order chi connectivity index (χ1) is 16.3. The summed E-state index contributed by atoms with van der Waals surface area (Å²) >= 11 is 0. The molecule has 0 radical (unpaired) electrons. The van der Waals surface area contributed by atoms with Gasteiger partial charge in [-0.25, -0.2) is 0 Å². The van der Waals surface area contributed by atoms with Crippen molar-refractivity contribution in [2.75, 3.05) is 0 Å². The first-order valence-electron chi connectivity index (χ1n) is 12.9. The minimum Gasteiger partial charge on any atom is -0.541 e. The molecule has 2 aromatic carbocycles. The highest BCUT2D eigenvalue weighted by Crippen LogP contribution is 2.39. The van der Waals surface area contributed by atoms with Crippen molar-refractivity contribution < 1.29 is 18.4 Å². The number of hydrogen-bond donors (Lipinski definition) is 0. The van der Waals surface area contributed by atoms with Crippen LogP contribution in [0.25, 0.3) is 0 Å². The molecule has 188 valence electrons. The number of para-hydroxylation sites is 1. The summed E-state index contributed by atoms with van der Waals surface area (Å²) in [7, 11) is -3.89. The molecule has 0 aliphatic rings. The second-order valence-electron chi connectivity index (χ2n) is 9.32. The number of carbonyl (C=O) groups is 1. The number of benzene rings is 2. The molecule has 0 amide bonds. The maximum absolute atomic E-state index is 12.1. The summed E-state index contributed by atoms with van der Waals surface area (Å²) in [6, 6.07) is 16.3. The average Bonchev–Trinajstić information content (AvgIpc) is 2.86. The van der Waals surface area contributed by atoms with Gasteiger partial charge in [0.1, 0.15) is 23.9 Å². The Bertz CT molecular complexity index is 913. The molecule has 2 aromatic rings. The zero-order valence-electron chi connectivity index (χ0n) is 22.5. The maximum atomic E-state index is 12.1. The van der Waals surface area contributed by atoms with Crippen LogP contribution in [-0.2, 0) is 6.61 Å². The predicted octanol–water partition coefficient (Wildman–Crippen LogP) is 8.46. The number of aldehydes is 1. The Balaban J connectivity index is 2.56. The number of rotatable bonds is 14. The molecule has 0 aromatic heterocycles. The molecule has 0 N–H and O–H groups in total. The third-order valence-electron chi connectivity index (χ3n) is 7.63. The summed E-state index contributed by atoms with van der Waals surface area (Å²) in [4.78, 5) is 12.1. The van der Waals surface area contributed by atoms with E-state index in [0.717, 1.165) is 76.5 Å². The van der Waals surface area contributed by atoms with Gasteiger partial charge in [0, 0.05) is 11.1 Å². The van der Waals surface area contributed by atoms with E-state index in [1.165, 1.54) is 0 Å². The van der Waals surface area contributed by atoms with Gasteiger partial charge in [-0.15, -0.1) is 0 Å². The molecular weight excluding hydrogens is 456 g/mol. The van der Waals surface area contributed by atoms with Gasteiger partial charge < -0.3 is 13.6 Å². The van der Waals surface area contributed by atoms with Crippen LogP contribution in [0.15, 0.2) is 30.3 Å². The van der Waals surface area contributed by atoms with Crippen molar-refractivity contribution in [3.8, 4) is 17.2 Å². The normalized spacial score (nSPS) is 11.9. The van der Waals surface area contributed by atoms with Crippen LogP contribution in [0.1, 0.15) is 68.6 Å². The average molecular weight is 501 g/mol. The minimum atomic E-state index is -1.95. The van der Waals surface area contributed by atoms with Crippen LogP contribution in [-0.4, -0.2) is 22.9 Å². The number of ether oxygens (including phenoxy) is 1. The highest BCUT2D eigenvalue weighted by molar-refractivity contribution is 6.75. The van der Waals surface area contributed by atoms with Gasteiger partial charge in [-0.2, -0.15) is 0 Å². The molecular formula is C28H44O4Si2. The SMILES string of the molecule is CC[Si](CC)(CC)Oc1cc(C=O)c(COc2c(C)cccc2C)cc1O[Si](CC)(CC)CC.